The van der Waals surface area contributed by atoms with Gasteiger partial charge in [0.05, 0.1) is 15.5 Å². The standard InChI is InChI=1S/C31H35N5O3S2/c1-22-16-23(2)20-35(19-22)41(38,39)27-13-9-10-24(17-27)29-25(21-36(33-29)26-11-5-3-6-12-26)18-28-30(37)32-31(40-28)34-14-7-4-8-15-34/h3,5-6,9-13,17-18,21-23H,4,7-8,14-16,19-20H2,1-2H3/b28-18-. The largest absolute Gasteiger partial charge is 0.351 e. The number of nitrogens with zero attached hydrogens (tertiary/aromatic N) is 5. The lowest BCUT2D eigenvalue weighted by molar-refractivity contribution is -0.113. The van der Waals surface area contributed by atoms with Crippen LogP contribution in [0.2, 0.25) is 0 Å². The minimum absolute atomic E-state index is 0.251. The Morgan fingerprint density at radius 1 is 0.951 bits per heavy atom. The van der Waals surface area contributed by atoms with Gasteiger partial charge in [-0.05, 0) is 79.6 Å². The molecule has 10 heteroatoms. The maximum Gasteiger partial charge on any atom is 0.286 e. The third kappa shape index (κ3) is 5.91. The van der Waals surface area contributed by atoms with Gasteiger partial charge in [0.15, 0.2) is 5.17 Å². The SMILES string of the molecule is CC1CC(C)CN(S(=O)(=O)c2cccc(-c3nn(-c4ccccc4)cc3/C=C3\SC(N4CCCCC4)=NC3=O)c2)C1. The molecule has 0 aliphatic carbocycles. The van der Waals surface area contributed by atoms with Crippen LogP contribution in [0.25, 0.3) is 23.0 Å². The van der Waals surface area contributed by atoms with Crippen LogP contribution in [0.3, 0.4) is 0 Å². The van der Waals surface area contributed by atoms with Crippen LogP contribution < -0.4 is 0 Å². The molecule has 2 unspecified atom stereocenters. The van der Waals surface area contributed by atoms with Gasteiger partial charge in [0.25, 0.3) is 5.91 Å². The van der Waals surface area contributed by atoms with Gasteiger partial charge < -0.3 is 4.90 Å². The number of amidine groups is 1. The number of carbonyl (C=O) groups is 1. The smallest absolute Gasteiger partial charge is 0.286 e. The summed E-state index contributed by atoms with van der Waals surface area (Å²) in [6, 6.07) is 16.8. The number of aliphatic imine (C=N–C) groups is 1. The number of thioether (sulfide) groups is 1. The molecular weight excluding hydrogens is 555 g/mol. The van der Waals surface area contributed by atoms with Gasteiger partial charge in [0.1, 0.15) is 5.69 Å². The fraction of sp³-hybridized carbons (Fsp3) is 0.387. The van der Waals surface area contributed by atoms with E-state index >= 15 is 0 Å². The molecular formula is C31H35N5O3S2. The number of hydrogen-bond donors (Lipinski definition) is 0. The number of carbonyl (C=O) groups excluding carboxylic acids is 1. The van der Waals surface area contributed by atoms with Crippen molar-refractivity contribution in [3.8, 4) is 16.9 Å². The Morgan fingerprint density at radius 3 is 2.41 bits per heavy atom. The lowest BCUT2D eigenvalue weighted by atomic mass is 9.94. The lowest BCUT2D eigenvalue weighted by Crippen LogP contribution is -2.42. The molecule has 6 rings (SSSR count). The molecule has 2 aromatic carbocycles. The van der Waals surface area contributed by atoms with Crippen molar-refractivity contribution >= 4 is 38.9 Å². The van der Waals surface area contributed by atoms with Crippen LogP contribution in [0.1, 0.15) is 45.1 Å². The summed E-state index contributed by atoms with van der Waals surface area (Å²) in [5.74, 6) is 0.378. The molecule has 0 radical (unpaired) electrons. The van der Waals surface area contributed by atoms with E-state index in [-0.39, 0.29) is 10.8 Å². The summed E-state index contributed by atoms with van der Waals surface area (Å²) in [5.41, 5.74) is 2.89. The first-order chi connectivity index (χ1) is 19.8. The maximum absolute atomic E-state index is 13.7. The monoisotopic (exact) mass is 589 g/mol. The van der Waals surface area contributed by atoms with Crippen molar-refractivity contribution in [2.24, 2.45) is 16.8 Å². The van der Waals surface area contributed by atoms with Crippen molar-refractivity contribution in [1.82, 2.24) is 19.0 Å². The van der Waals surface area contributed by atoms with Crippen molar-refractivity contribution in [2.45, 2.75) is 44.4 Å². The van der Waals surface area contributed by atoms with Gasteiger partial charge in [-0.15, -0.1) is 0 Å². The van der Waals surface area contributed by atoms with Gasteiger partial charge in [-0.1, -0.05) is 44.2 Å². The second kappa shape index (κ2) is 11.6. The Labute approximate surface area is 246 Å². The molecule has 3 aliphatic heterocycles. The number of rotatable bonds is 5. The highest BCUT2D eigenvalue weighted by atomic mass is 32.2. The molecule has 2 fully saturated rings. The van der Waals surface area contributed by atoms with Gasteiger partial charge >= 0.3 is 0 Å². The van der Waals surface area contributed by atoms with E-state index in [0.29, 0.717) is 41.1 Å². The molecule has 1 aromatic heterocycles. The van der Waals surface area contributed by atoms with Crippen molar-refractivity contribution in [1.29, 1.82) is 0 Å². The molecule has 0 spiro atoms. The molecule has 2 atom stereocenters. The minimum Gasteiger partial charge on any atom is -0.351 e. The lowest BCUT2D eigenvalue weighted by Gasteiger charge is -2.34. The van der Waals surface area contributed by atoms with E-state index in [1.54, 1.807) is 27.2 Å². The Morgan fingerprint density at radius 2 is 1.68 bits per heavy atom. The number of piperidine rings is 2. The molecule has 3 aromatic rings. The summed E-state index contributed by atoms with van der Waals surface area (Å²) in [4.78, 5) is 20.3. The second-order valence-electron chi connectivity index (χ2n) is 11.4. The fourth-order valence-corrected chi connectivity index (χ4v) is 8.63. The number of aromatic nitrogens is 2. The van der Waals surface area contributed by atoms with Gasteiger partial charge in [0, 0.05) is 43.5 Å². The van der Waals surface area contributed by atoms with Crippen LogP contribution in [-0.4, -0.2) is 64.7 Å². The van der Waals surface area contributed by atoms with E-state index in [2.05, 4.69) is 23.7 Å². The molecule has 0 bridgehead atoms. The normalized spacial score (nSPS) is 23.3. The first-order valence-electron chi connectivity index (χ1n) is 14.3. The summed E-state index contributed by atoms with van der Waals surface area (Å²) < 4.78 is 30.8. The molecule has 2 saturated heterocycles. The average molecular weight is 590 g/mol. The van der Waals surface area contributed by atoms with Crippen LogP contribution >= 0.6 is 11.8 Å². The summed E-state index contributed by atoms with van der Waals surface area (Å²) in [6.07, 6.45) is 8.17. The summed E-state index contributed by atoms with van der Waals surface area (Å²) >= 11 is 1.40. The topological polar surface area (TPSA) is 87.9 Å². The Kier molecular flexibility index (Phi) is 7.89. The third-order valence-corrected chi connectivity index (χ3v) is 10.7. The zero-order valence-corrected chi connectivity index (χ0v) is 25.1. The Hall–Kier alpha value is -3.21. The summed E-state index contributed by atoms with van der Waals surface area (Å²) in [5, 5.41) is 5.64. The molecule has 41 heavy (non-hydrogen) atoms. The molecule has 4 heterocycles. The average Bonchev–Trinajstić information content (AvgIpc) is 3.57. The first kappa shape index (κ1) is 27.9. The van der Waals surface area contributed by atoms with Gasteiger partial charge in [0.2, 0.25) is 10.0 Å². The molecule has 3 aliphatic rings. The van der Waals surface area contributed by atoms with E-state index in [4.69, 9.17) is 5.10 Å². The summed E-state index contributed by atoms with van der Waals surface area (Å²) in [6.45, 7) is 7.09. The van der Waals surface area contributed by atoms with Crippen molar-refractivity contribution in [3.63, 3.8) is 0 Å². The second-order valence-corrected chi connectivity index (χ2v) is 14.3. The Balaban J connectivity index is 1.37. The number of hydrogen-bond acceptors (Lipinski definition) is 6. The molecule has 214 valence electrons. The first-order valence-corrected chi connectivity index (χ1v) is 16.6. The van der Waals surface area contributed by atoms with Crippen molar-refractivity contribution < 1.29 is 13.2 Å². The maximum atomic E-state index is 13.7. The van der Waals surface area contributed by atoms with E-state index in [9.17, 15) is 13.2 Å². The van der Waals surface area contributed by atoms with Crippen molar-refractivity contribution in [2.75, 3.05) is 26.2 Å². The molecule has 0 saturated carbocycles. The Bertz CT molecular complexity index is 1600. The number of likely N-dealkylation sites (tertiary alicyclic amines) is 1. The van der Waals surface area contributed by atoms with Crippen molar-refractivity contribution in [3.05, 3.63) is 71.3 Å². The predicted molar refractivity (Wildman–Crippen MR) is 164 cm³/mol. The zero-order valence-electron chi connectivity index (χ0n) is 23.4. The minimum atomic E-state index is -3.67. The van der Waals surface area contributed by atoms with Gasteiger partial charge in [-0.2, -0.15) is 14.4 Å². The van der Waals surface area contributed by atoms with Gasteiger partial charge in [-0.3, -0.25) is 4.79 Å². The zero-order chi connectivity index (χ0) is 28.6. The number of benzene rings is 2. The van der Waals surface area contributed by atoms with Crippen LogP contribution in [0.15, 0.2) is 75.6 Å². The highest BCUT2D eigenvalue weighted by Gasteiger charge is 2.32. The van der Waals surface area contributed by atoms with E-state index in [1.165, 1.54) is 18.2 Å². The molecule has 8 nitrogen and oxygen atoms in total. The van der Waals surface area contributed by atoms with Gasteiger partial charge in [-0.25, -0.2) is 13.1 Å². The highest BCUT2D eigenvalue weighted by molar-refractivity contribution is 8.18. The molecule has 1 amide bonds. The van der Waals surface area contributed by atoms with Crippen LogP contribution in [0, 0.1) is 11.8 Å². The fourth-order valence-electron chi connectivity index (χ4n) is 5.94. The van der Waals surface area contributed by atoms with Crippen LogP contribution in [-0.2, 0) is 14.8 Å². The third-order valence-electron chi connectivity index (χ3n) is 7.87. The van der Waals surface area contributed by atoms with E-state index in [0.717, 1.165) is 48.8 Å². The highest BCUT2D eigenvalue weighted by Crippen LogP contribution is 2.35. The van der Waals surface area contributed by atoms with E-state index < -0.39 is 10.0 Å². The number of sulfonamides is 1. The quantitative estimate of drug-likeness (QED) is 0.357. The number of amides is 1. The summed E-state index contributed by atoms with van der Waals surface area (Å²) in [7, 11) is -3.67. The number of para-hydroxylation sites is 1. The van der Waals surface area contributed by atoms with Crippen LogP contribution in [0.4, 0.5) is 0 Å². The van der Waals surface area contributed by atoms with E-state index in [1.807, 2.05) is 48.7 Å². The predicted octanol–water partition coefficient (Wildman–Crippen LogP) is 5.66. The van der Waals surface area contributed by atoms with Crippen LogP contribution in [0.5, 0.6) is 0 Å². The molecule has 0 N–H and O–H groups in total.